The van der Waals surface area contributed by atoms with E-state index in [-0.39, 0.29) is 0 Å². The first-order valence-corrected chi connectivity index (χ1v) is 5.17. The molecule has 12 heavy (non-hydrogen) atoms. The topological polar surface area (TPSA) is 12.5 Å². The first kappa shape index (κ1) is 12.3. The molecule has 0 heterocycles. The predicted octanol–water partition coefficient (Wildman–Crippen LogP) is 1.52. The normalized spacial score (nSPS) is 11.5. The highest BCUT2D eigenvalue weighted by molar-refractivity contribution is 7.80. The largest absolute Gasteiger partial charge is 0.379 e. The van der Waals surface area contributed by atoms with Crippen LogP contribution in [0.2, 0.25) is 0 Å². The smallest absolute Gasteiger partial charge is 0.0593 e. The summed E-state index contributed by atoms with van der Waals surface area (Å²) >= 11 is 4.06. The van der Waals surface area contributed by atoms with Gasteiger partial charge in [0.05, 0.1) is 13.2 Å². The number of hydrogen-bond donors (Lipinski definition) is 1. The van der Waals surface area contributed by atoms with Crippen molar-refractivity contribution >= 4 is 12.6 Å². The van der Waals surface area contributed by atoms with Gasteiger partial charge in [0, 0.05) is 18.8 Å². The van der Waals surface area contributed by atoms with Gasteiger partial charge in [0.25, 0.3) is 0 Å². The Morgan fingerprint density at radius 1 is 1.33 bits per heavy atom. The lowest BCUT2D eigenvalue weighted by Crippen LogP contribution is -2.27. The Balaban J connectivity index is 3.14. The Bertz CT molecular complexity index is 98.5. The molecule has 0 fully saturated rings. The van der Waals surface area contributed by atoms with Gasteiger partial charge in [0.2, 0.25) is 0 Å². The van der Waals surface area contributed by atoms with Gasteiger partial charge in [-0.15, -0.1) is 0 Å². The number of rotatable bonds is 7. The molecule has 0 radical (unpaired) electrons. The quantitative estimate of drug-likeness (QED) is 0.484. The molecule has 0 aliphatic heterocycles. The minimum atomic E-state index is 0.736. The van der Waals surface area contributed by atoms with Gasteiger partial charge in [-0.1, -0.05) is 13.8 Å². The number of nitrogens with zero attached hydrogens (tertiary/aromatic N) is 1. The Morgan fingerprint density at radius 3 is 2.50 bits per heavy atom. The molecule has 0 amide bonds. The van der Waals surface area contributed by atoms with Crippen molar-refractivity contribution in [1.82, 2.24) is 4.90 Å². The van der Waals surface area contributed by atoms with Crippen LogP contribution < -0.4 is 0 Å². The summed E-state index contributed by atoms with van der Waals surface area (Å²) in [5.41, 5.74) is 0. The summed E-state index contributed by atoms with van der Waals surface area (Å²) in [6.07, 6.45) is 0. The van der Waals surface area contributed by atoms with Crippen molar-refractivity contribution in [2.45, 2.75) is 13.8 Å². The SMILES string of the molecule is CC(C)CN(C)CCOCCS. The lowest BCUT2D eigenvalue weighted by atomic mass is 10.2. The van der Waals surface area contributed by atoms with Crippen molar-refractivity contribution in [2.24, 2.45) is 5.92 Å². The fraction of sp³-hybridized carbons (Fsp3) is 1.00. The van der Waals surface area contributed by atoms with Crippen LogP contribution in [0.5, 0.6) is 0 Å². The molecule has 0 rings (SSSR count). The van der Waals surface area contributed by atoms with Gasteiger partial charge in [-0.25, -0.2) is 0 Å². The summed E-state index contributed by atoms with van der Waals surface area (Å²) in [4.78, 5) is 2.29. The average Bonchev–Trinajstić information content (AvgIpc) is 1.97. The highest BCUT2D eigenvalue weighted by Gasteiger charge is 2.00. The monoisotopic (exact) mass is 191 g/mol. The van der Waals surface area contributed by atoms with E-state index >= 15 is 0 Å². The molecule has 0 saturated heterocycles. The summed E-state index contributed by atoms with van der Waals surface area (Å²) in [7, 11) is 2.13. The van der Waals surface area contributed by atoms with Gasteiger partial charge < -0.3 is 9.64 Å². The lowest BCUT2D eigenvalue weighted by molar-refractivity contribution is 0.120. The van der Waals surface area contributed by atoms with Crippen molar-refractivity contribution in [3.05, 3.63) is 0 Å². The minimum Gasteiger partial charge on any atom is -0.379 e. The van der Waals surface area contributed by atoms with Crippen LogP contribution in [0.15, 0.2) is 0 Å². The second-order valence-corrected chi connectivity index (χ2v) is 3.94. The second-order valence-electron chi connectivity index (χ2n) is 3.49. The van der Waals surface area contributed by atoms with Crippen LogP contribution in [0, 0.1) is 5.92 Å². The van der Waals surface area contributed by atoms with Gasteiger partial charge in [0.1, 0.15) is 0 Å². The van der Waals surface area contributed by atoms with Gasteiger partial charge in [-0.3, -0.25) is 0 Å². The molecule has 2 nitrogen and oxygen atoms in total. The number of likely N-dealkylation sites (N-methyl/N-ethyl adjacent to an activating group) is 1. The number of hydrogen-bond acceptors (Lipinski definition) is 3. The zero-order chi connectivity index (χ0) is 9.40. The van der Waals surface area contributed by atoms with Crippen LogP contribution >= 0.6 is 12.6 Å². The zero-order valence-corrected chi connectivity index (χ0v) is 9.31. The van der Waals surface area contributed by atoms with Crippen LogP contribution in [0.4, 0.5) is 0 Å². The van der Waals surface area contributed by atoms with E-state index in [1.165, 1.54) is 0 Å². The molecule has 0 bridgehead atoms. The molecule has 0 saturated carbocycles. The summed E-state index contributed by atoms with van der Waals surface area (Å²) in [5.74, 6) is 1.55. The Hall–Kier alpha value is 0.270. The summed E-state index contributed by atoms with van der Waals surface area (Å²) < 4.78 is 5.32. The Kier molecular flexibility index (Phi) is 8.07. The third-order valence-electron chi connectivity index (χ3n) is 1.53. The van der Waals surface area contributed by atoms with E-state index in [0.717, 1.165) is 38.0 Å². The molecule has 0 N–H and O–H groups in total. The summed E-state index contributed by atoms with van der Waals surface area (Å²) in [5, 5.41) is 0. The fourth-order valence-corrected chi connectivity index (χ4v) is 1.23. The minimum absolute atomic E-state index is 0.736. The van der Waals surface area contributed by atoms with Crippen LogP contribution in [0.25, 0.3) is 0 Å². The molecule has 74 valence electrons. The molecule has 0 atom stereocenters. The maximum atomic E-state index is 5.32. The van der Waals surface area contributed by atoms with E-state index in [9.17, 15) is 0 Å². The second kappa shape index (κ2) is 7.90. The van der Waals surface area contributed by atoms with Crippen molar-refractivity contribution in [1.29, 1.82) is 0 Å². The van der Waals surface area contributed by atoms with E-state index in [1.54, 1.807) is 0 Å². The van der Waals surface area contributed by atoms with Crippen LogP contribution in [-0.4, -0.2) is 44.0 Å². The lowest BCUT2D eigenvalue weighted by Gasteiger charge is -2.18. The maximum absolute atomic E-state index is 5.32. The van der Waals surface area contributed by atoms with E-state index in [4.69, 9.17) is 4.74 Å². The van der Waals surface area contributed by atoms with E-state index in [1.807, 2.05) is 0 Å². The van der Waals surface area contributed by atoms with Gasteiger partial charge in [-0.2, -0.15) is 12.6 Å². The molecular formula is C9H21NOS. The van der Waals surface area contributed by atoms with E-state index in [2.05, 4.69) is 38.4 Å². The molecule has 0 unspecified atom stereocenters. The summed E-state index contributed by atoms with van der Waals surface area (Å²) in [6.45, 7) is 8.20. The highest BCUT2D eigenvalue weighted by atomic mass is 32.1. The zero-order valence-electron chi connectivity index (χ0n) is 8.42. The maximum Gasteiger partial charge on any atom is 0.0593 e. The fourth-order valence-electron chi connectivity index (χ4n) is 1.10. The third-order valence-corrected chi connectivity index (χ3v) is 1.71. The molecule has 3 heteroatoms. The Morgan fingerprint density at radius 2 is 2.00 bits per heavy atom. The third kappa shape index (κ3) is 8.37. The predicted molar refractivity (Wildman–Crippen MR) is 57.0 cm³/mol. The Labute approximate surface area is 81.7 Å². The van der Waals surface area contributed by atoms with Crippen LogP contribution in [-0.2, 0) is 4.74 Å². The van der Waals surface area contributed by atoms with Crippen LogP contribution in [0.3, 0.4) is 0 Å². The molecule has 0 spiro atoms. The number of thiol groups is 1. The average molecular weight is 191 g/mol. The van der Waals surface area contributed by atoms with Crippen molar-refractivity contribution < 1.29 is 4.74 Å². The molecule has 0 aromatic heterocycles. The first-order chi connectivity index (χ1) is 5.66. The molecule has 0 aromatic carbocycles. The standard InChI is InChI=1S/C9H21NOS/c1-9(2)8-10(3)4-5-11-6-7-12/h9,12H,4-8H2,1-3H3. The van der Waals surface area contributed by atoms with Crippen LogP contribution in [0.1, 0.15) is 13.8 Å². The van der Waals surface area contributed by atoms with Crippen molar-refractivity contribution in [3.63, 3.8) is 0 Å². The molecule has 0 aromatic rings. The number of ether oxygens (including phenoxy) is 1. The summed E-state index contributed by atoms with van der Waals surface area (Å²) in [6, 6.07) is 0. The molecule has 0 aliphatic carbocycles. The van der Waals surface area contributed by atoms with Crippen molar-refractivity contribution in [3.8, 4) is 0 Å². The van der Waals surface area contributed by atoms with Gasteiger partial charge in [0.15, 0.2) is 0 Å². The highest BCUT2D eigenvalue weighted by Crippen LogP contribution is 1.94. The van der Waals surface area contributed by atoms with Gasteiger partial charge in [-0.05, 0) is 13.0 Å². The van der Waals surface area contributed by atoms with E-state index in [0.29, 0.717) is 0 Å². The molecule has 0 aliphatic rings. The molecular weight excluding hydrogens is 170 g/mol. The van der Waals surface area contributed by atoms with E-state index < -0.39 is 0 Å². The first-order valence-electron chi connectivity index (χ1n) is 4.54. The van der Waals surface area contributed by atoms with Crippen molar-refractivity contribution in [2.75, 3.05) is 39.1 Å². The van der Waals surface area contributed by atoms with Gasteiger partial charge >= 0.3 is 0 Å².